The molecule has 5 nitrogen and oxygen atoms in total. The third kappa shape index (κ3) is 5.35. The Kier molecular flexibility index (Phi) is 6.17. The lowest BCUT2D eigenvalue weighted by atomic mass is 9.98. The SMILES string of the molecule is COc1ccc(C(C)C)cc1CC(=O)Nc1ccc(NC(C)=O)cc1. The summed E-state index contributed by atoms with van der Waals surface area (Å²) in [7, 11) is 1.60. The maximum Gasteiger partial charge on any atom is 0.228 e. The fourth-order valence-electron chi connectivity index (χ4n) is 2.51. The highest BCUT2D eigenvalue weighted by atomic mass is 16.5. The van der Waals surface area contributed by atoms with Crippen molar-refractivity contribution in [3.63, 3.8) is 0 Å². The first-order valence-corrected chi connectivity index (χ1v) is 8.23. The van der Waals surface area contributed by atoms with Gasteiger partial charge in [-0.25, -0.2) is 0 Å². The average Bonchev–Trinajstić information content (AvgIpc) is 2.56. The van der Waals surface area contributed by atoms with Crippen LogP contribution in [0.3, 0.4) is 0 Å². The first-order valence-electron chi connectivity index (χ1n) is 8.23. The quantitative estimate of drug-likeness (QED) is 0.836. The van der Waals surface area contributed by atoms with E-state index >= 15 is 0 Å². The molecule has 0 atom stereocenters. The number of hydrogen-bond donors (Lipinski definition) is 2. The third-order valence-corrected chi connectivity index (χ3v) is 3.81. The minimum atomic E-state index is -0.131. The Morgan fingerprint density at radius 3 is 2.12 bits per heavy atom. The molecule has 0 radical (unpaired) electrons. The van der Waals surface area contributed by atoms with Crippen LogP contribution in [0.4, 0.5) is 11.4 Å². The van der Waals surface area contributed by atoms with Gasteiger partial charge in [-0.05, 0) is 41.8 Å². The number of methoxy groups -OCH3 is 1. The van der Waals surface area contributed by atoms with Gasteiger partial charge >= 0.3 is 0 Å². The maximum absolute atomic E-state index is 12.4. The molecule has 25 heavy (non-hydrogen) atoms. The summed E-state index contributed by atoms with van der Waals surface area (Å²) in [6.45, 7) is 5.68. The van der Waals surface area contributed by atoms with Crippen molar-refractivity contribution >= 4 is 23.2 Å². The van der Waals surface area contributed by atoms with Crippen LogP contribution in [0.5, 0.6) is 5.75 Å². The number of ether oxygens (including phenoxy) is 1. The van der Waals surface area contributed by atoms with Crippen molar-refractivity contribution in [2.45, 2.75) is 33.1 Å². The van der Waals surface area contributed by atoms with Gasteiger partial charge in [-0.3, -0.25) is 9.59 Å². The predicted molar refractivity (Wildman–Crippen MR) is 100 cm³/mol. The summed E-state index contributed by atoms with van der Waals surface area (Å²) in [5.41, 5.74) is 3.40. The lowest BCUT2D eigenvalue weighted by Crippen LogP contribution is -2.15. The molecule has 0 bridgehead atoms. The summed E-state index contributed by atoms with van der Waals surface area (Å²) in [4.78, 5) is 23.4. The lowest BCUT2D eigenvalue weighted by Gasteiger charge is -2.13. The number of benzene rings is 2. The number of amides is 2. The van der Waals surface area contributed by atoms with Crippen LogP contribution in [-0.4, -0.2) is 18.9 Å². The Bertz CT molecular complexity index is 752. The average molecular weight is 340 g/mol. The highest BCUT2D eigenvalue weighted by Gasteiger charge is 2.11. The van der Waals surface area contributed by atoms with Crippen molar-refractivity contribution in [3.05, 3.63) is 53.6 Å². The van der Waals surface area contributed by atoms with E-state index < -0.39 is 0 Å². The van der Waals surface area contributed by atoms with E-state index in [9.17, 15) is 9.59 Å². The normalized spacial score (nSPS) is 10.4. The van der Waals surface area contributed by atoms with Gasteiger partial charge in [-0.1, -0.05) is 26.0 Å². The fraction of sp³-hybridized carbons (Fsp3) is 0.300. The molecule has 132 valence electrons. The monoisotopic (exact) mass is 340 g/mol. The summed E-state index contributed by atoms with van der Waals surface area (Å²) < 4.78 is 5.36. The van der Waals surface area contributed by atoms with Crippen LogP contribution in [0.1, 0.15) is 37.8 Å². The molecule has 0 aromatic heterocycles. The van der Waals surface area contributed by atoms with Crippen LogP contribution < -0.4 is 15.4 Å². The van der Waals surface area contributed by atoms with E-state index in [1.54, 1.807) is 31.4 Å². The van der Waals surface area contributed by atoms with Gasteiger partial charge in [0.25, 0.3) is 0 Å². The lowest BCUT2D eigenvalue weighted by molar-refractivity contribution is -0.116. The third-order valence-electron chi connectivity index (χ3n) is 3.81. The zero-order chi connectivity index (χ0) is 18.4. The molecule has 0 spiro atoms. The van der Waals surface area contributed by atoms with Gasteiger partial charge in [0.05, 0.1) is 13.5 Å². The van der Waals surface area contributed by atoms with Gasteiger partial charge in [-0.15, -0.1) is 0 Å². The summed E-state index contributed by atoms with van der Waals surface area (Å²) >= 11 is 0. The summed E-state index contributed by atoms with van der Waals surface area (Å²) in [5.74, 6) is 0.843. The molecule has 2 amide bonds. The molecular formula is C20H24N2O3. The molecular weight excluding hydrogens is 316 g/mol. The van der Waals surface area contributed by atoms with Crippen molar-refractivity contribution in [3.8, 4) is 5.75 Å². The number of rotatable bonds is 6. The Labute approximate surface area is 148 Å². The second kappa shape index (κ2) is 8.33. The molecule has 0 saturated carbocycles. The van der Waals surface area contributed by atoms with Crippen molar-refractivity contribution in [1.29, 1.82) is 0 Å². The van der Waals surface area contributed by atoms with Crippen LogP contribution in [0.25, 0.3) is 0 Å². The van der Waals surface area contributed by atoms with Crippen molar-refractivity contribution in [2.75, 3.05) is 17.7 Å². The highest BCUT2D eigenvalue weighted by molar-refractivity contribution is 5.93. The Morgan fingerprint density at radius 1 is 1.00 bits per heavy atom. The molecule has 2 N–H and O–H groups in total. The van der Waals surface area contributed by atoms with Crippen LogP contribution in [-0.2, 0) is 16.0 Å². The van der Waals surface area contributed by atoms with Crippen molar-refractivity contribution in [2.24, 2.45) is 0 Å². The van der Waals surface area contributed by atoms with Gasteiger partial charge in [0.1, 0.15) is 5.75 Å². The van der Waals surface area contributed by atoms with Crippen LogP contribution in [0.2, 0.25) is 0 Å². The van der Waals surface area contributed by atoms with Gasteiger partial charge < -0.3 is 15.4 Å². The molecule has 2 rings (SSSR count). The van der Waals surface area contributed by atoms with Crippen molar-refractivity contribution < 1.29 is 14.3 Å². The minimum absolute atomic E-state index is 0.119. The van der Waals surface area contributed by atoms with Crippen LogP contribution >= 0.6 is 0 Å². The molecule has 0 unspecified atom stereocenters. The van der Waals surface area contributed by atoms with Crippen LogP contribution in [0.15, 0.2) is 42.5 Å². The predicted octanol–water partition coefficient (Wildman–Crippen LogP) is 3.96. The number of hydrogen-bond acceptors (Lipinski definition) is 3. The minimum Gasteiger partial charge on any atom is -0.496 e. The largest absolute Gasteiger partial charge is 0.496 e. The van der Waals surface area contributed by atoms with E-state index in [4.69, 9.17) is 4.74 Å². The molecule has 0 saturated heterocycles. The number of nitrogens with one attached hydrogen (secondary N) is 2. The number of carbonyl (C=O) groups is 2. The van der Waals surface area contributed by atoms with E-state index in [0.29, 0.717) is 23.0 Å². The second-order valence-electron chi connectivity index (χ2n) is 6.21. The standard InChI is InChI=1S/C20H24N2O3/c1-13(2)15-5-10-19(25-4)16(11-15)12-20(24)22-18-8-6-17(7-9-18)21-14(3)23/h5-11,13H,12H2,1-4H3,(H,21,23)(H,22,24). The van der Waals surface area contributed by atoms with Gasteiger partial charge in [-0.2, -0.15) is 0 Å². The molecule has 5 heteroatoms. The van der Waals surface area contributed by atoms with Gasteiger partial charge in [0.15, 0.2) is 0 Å². The smallest absolute Gasteiger partial charge is 0.228 e. The first-order chi connectivity index (χ1) is 11.9. The first kappa shape index (κ1) is 18.5. The molecule has 0 aliphatic carbocycles. The molecule has 0 heterocycles. The topological polar surface area (TPSA) is 67.4 Å². The van der Waals surface area contributed by atoms with Gasteiger partial charge in [0.2, 0.25) is 11.8 Å². The zero-order valence-corrected chi connectivity index (χ0v) is 15.1. The molecule has 0 aliphatic rings. The highest BCUT2D eigenvalue weighted by Crippen LogP contribution is 2.25. The van der Waals surface area contributed by atoms with E-state index in [0.717, 1.165) is 5.56 Å². The Hall–Kier alpha value is -2.82. The van der Waals surface area contributed by atoms with Crippen molar-refractivity contribution in [1.82, 2.24) is 0 Å². The molecule has 0 fully saturated rings. The molecule has 2 aromatic carbocycles. The number of carbonyl (C=O) groups excluding carboxylic acids is 2. The fourth-order valence-corrected chi connectivity index (χ4v) is 2.51. The van der Waals surface area contributed by atoms with Crippen LogP contribution in [0, 0.1) is 0 Å². The molecule has 0 aliphatic heterocycles. The van der Waals surface area contributed by atoms with E-state index in [1.807, 2.05) is 18.2 Å². The zero-order valence-electron chi connectivity index (χ0n) is 15.1. The van der Waals surface area contributed by atoms with E-state index in [2.05, 4.69) is 24.5 Å². The maximum atomic E-state index is 12.4. The summed E-state index contributed by atoms with van der Waals surface area (Å²) in [5, 5.41) is 5.55. The van der Waals surface area contributed by atoms with Gasteiger partial charge in [0, 0.05) is 23.9 Å². The Morgan fingerprint density at radius 2 is 1.60 bits per heavy atom. The second-order valence-corrected chi connectivity index (χ2v) is 6.21. The summed E-state index contributed by atoms with van der Waals surface area (Å²) in [6.07, 6.45) is 0.233. The summed E-state index contributed by atoms with van der Waals surface area (Å²) in [6, 6.07) is 12.9. The Balaban J connectivity index is 2.07. The molecule has 2 aromatic rings. The van der Waals surface area contributed by atoms with E-state index in [-0.39, 0.29) is 18.2 Å². The van der Waals surface area contributed by atoms with E-state index in [1.165, 1.54) is 12.5 Å². The number of anilines is 2.